The molecule has 0 unspecified atom stereocenters. The zero-order chi connectivity index (χ0) is 18.7. The van der Waals surface area contributed by atoms with E-state index in [0.29, 0.717) is 11.6 Å². The van der Waals surface area contributed by atoms with Crippen LogP contribution in [0, 0.1) is 12.7 Å². The van der Waals surface area contributed by atoms with Crippen molar-refractivity contribution in [2.45, 2.75) is 17.8 Å². The molecule has 1 aromatic heterocycles. The second-order valence-electron chi connectivity index (χ2n) is 5.79. The fraction of sp³-hybridized carbons (Fsp3) is 0.263. The SMILES string of the molecule is COc1cc(C)c(CSc2nnc(-c3ccc(F)cc3)n2C)cc1OC. The quantitative estimate of drug-likeness (QED) is 0.605. The Kier molecular flexibility index (Phi) is 5.46. The molecule has 0 N–H and O–H groups in total. The molecule has 7 heteroatoms. The van der Waals surface area contributed by atoms with Crippen LogP contribution in [-0.4, -0.2) is 29.0 Å². The fourth-order valence-corrected chi connectivity index (χ4v) is 3.59. The minimum absolute atomic E-state index is 0.269. The second kappa shape index (κ2) is 7.78. The Balaban J connectivity index is 1.80. The van der Waals surface area contributed by atoms with Crippen LogP contribution in [0.1, 0.15) is 11.1 Å². The lowest BCUT2D eigenvalue weighted by molar-refractivity contribution is 0.354. The van der Waals surface area contributed by atoms with E-state index in [1.54, 1.807) is 38.1 Å². The van der Waals surface area contributed by atoms with E-state index in [1.165, 1.54) is 12.1 Å². The summed E-state index contributed by atoms with van der Waals surface area (Å²) in [6, 6.07) is 10.2. The van der Waals surface area contributed by atoms with Crippen molar-refractivity contribution in [2.24, 2.45) is 7.05 Å². The molecule has 3 aromatic rings. The molecule has 2 aromatic carbocycles. The van der Waals surface area contributed by atoms with Crippen molar-refractivity contribution in [3.63, 3.8) is 0 Å². The van der Waals surface area contributed by atoms with Gasteiger partial charge >= 0.3 is 0 Å². The third-order valence-electron chi connectivity index (χ3n) is 4.14. The van der Waals surface area contributed by atoms with E-state index >= 15 is 0 Å². The minimum atomic E-state index is -0.269. The summed E-state index contributed by atoms with van der Waals surface area (Å²) in [6.45, 7) is 2.04. The van der Waals surface area contributed by atoms with Crippen LogP contribution >= 0.6 is 11.8 Å². The topological polar surface area (TPSA) is 49.2 Å². The molecule has 1 heterocycles. The van der Waals surface area contributed by atoms with Crippen LogP contribution in [0.2, 0.25) is 0 Å². The van der Waals surface area contributed by atoms with Crippen molar-refractivity contribution in [1.82, 2.24) is 14.8 Å². The van der Waals surface area contributed by atoms with Crippen LogP contribution in [0.3, 0.4) is 0 Å². The van der Waals surface area contributed by atoms with Gasteiger partial charge < -0.3 is 14.0 Å². The summed E-state index contributed by atoms with van der Waals surface area (Å²) in [5.74, 6) is 2.59. The maximum atomic E-state index is 13.1. The first kappa shape index (κ1) is 18.3. The molecular formula is C19H20FN3O2S. The highest BCUT2D eigenvalue weighted by molar-refractivity contribution is 7.98. The fourth-order valence-electron chi connectivity index (χ4n) is 2.61. The van der Waals surface area contributed by atoms with Gasteiger partial charge in [0, 0.05) is 18.4 Å². The molecular weight excluding hydrogens is 353 g/mol. The van der Waals surface area contributed by atoms with Crippen molar-refractivity contribution >= 4 is 11.8 Å². The summed E-state index contributed by atoms with van der Waals surface area (Å²) in [4.78, 5) is 0. The molecule has 5 nitrogen and oxygen atoms in total. The van der Waals surface area contributed by atoms with Crippen molar-refractivity contribution in [2.75, 3.05) is 14.2 Å². The van der Waals surface area contributed by atoms with E-state index in [2.05, 4.69) is 10.2 Å². The number of nitrogens with zero attached hydrogens (tertiary/aromatic N) is 3. The average molecular weight is 373 g/mol. The molecule has 0 saturated heterocycles. The largest absolute Gasteiger partial charge is 0.493 e. The maximum absolute atomic E-state index is 13.1. The number of aryl methyl sites for hydroxylation is 1. The number of thioether (sulfide) groups is 1. The molecule has 0 amide bonds. The first-order valence-corrected chi connectivity index (χ1v) is 9.01. The van der Waals surface area contributed by atoms with Crippen molar-refractivity contribution in [3.8, 4) is 22.9 Å². The smallest absolute Gasteiger partial charge is 0.191 e. The van der Waals surface area contributed by atoms with Crippen LogP contribution < -0.4 is 9.47 Å². The molecule has 0 radical (unpaired) electrons. The van der Waals surface area contributed by atoms with Crippen molar-refractivity contribution < 1.29 is 13.9 Å². The third kappa shape index (κ3) is 3.67. The van der Waals surface area contributed by atoms with Crippen molar-refractivity contribution in [3.05, 3.63) is 53.3 Å². The predicted molar refractivity (Wildman–Crippen MR) is 100 cm³/mol. The Morgan fingerprint density at radius 3 is 2.35 bits per heavy atom. The lowest BCUT2D eigenvalue weighted by Gasteiger charge is -2.12. The number of aromatic nitrogens is 3. The zero-order valence-electron chi connectivity index (χ0n) is 15.1. The van der Waals surface area contributed by atoms with E-state index in [1.807, 2.05) is 30.7 Å². The Morgan fingerprint density at radius 1 is 1.04 bits per heavy atom. The standard InChI is InChI=1S/C19H20FN3O2S/c1-12-9-16(24-3)17(25-4)10-14(12)11-26-19-22-21-18(23(19)2)13-5-7-15(20)8-6-13/h5-10H,11H2,1-4H3. The molecule has 0 aliphatic heterocycles. The van der Waals surface area contributed by atoms with Gasteiger partial charge in [0.1, 0.15) is 5.82 Å². The predicted octanol–water partition coefficient (Wildman–Crippen LogP) is 4.24. The van der Waals surface area contributed by atoms with Crippen LogP contribution in [0.15, 0.2) is 41.6 Å². The Bertz CT molecular complexity index is 910. The van der Waals surface area contributed by atoms with Crippen LogP contribution in [0.4, 0.5) is 4.39 Å². The van der Waals surface area contributed by atoms with Gasteiger partial charge in [-0.15, -0.1) is 10.2 Å². The van der Waals surface area contributed by atoms with Gasteiger partial charge in [-0.2, -0.15) is 0 Å². The first-order valence-electron chi connectivity index (χ1n) is 8.03. The normalized spacial score (nSPS) is 10.8. The summed E-state index contributed by atoms with van der Waals surface area (Å²) in [5.41, 5.74) is 3.09. The molecule has 26 heavy (non-hydrogen) atoms. The highest BCUT2D eigenvalue weighted by Crippen LogP contribution is 2.33. The van der Waals surface area contributed by atoms with Gasteiger partial charge in [0.05, 0.1) is 14.2 Å². The van der Waals surface area contributed by atoms with E-state index in [4.69, 9.17) is 9.47 Å². The molecule has 136 valence electrons. The van der Waals surface area contributed by atoms with Gasteiger partial charge in [0.15, 0.2) is 22.5 Å². The molecule has 0 saturated carbocycles. The number of benzene rings is 2. The first-order chi connectivity index (χ1) is 12.5. The van der Waals surface area contributed by atoms with Gasteiger partial charge in [0.25, 0.3) is 0 Å². The number of methoxy groups -OCH3 is 2. The molecule has 0 bridgehead atoms. The summed E-state index contributed by atoms with van der Waals surface area (Å²) in [7, 11) is 5.16. The minimum Gasteiger partial charge on any atom is -0.493 e. The van der Waals surface area contributed by atoms with Crippen molar-refractivity contribution in [1.29, 1.82) is 0 Å². The molecule has 0 aliphatic rings. The summed E-state index contributed by atoms with van der Waals surface area (Å²) >= 11 is 1.58. The highest BCUT2D eigenvalue weighted by Gasteiger charge is 2.13. The highest BCUT2D eigenvalue weighted by atomic mass is 32.2. The number of ether oxygens (including phenoxy) is 2. The maximum Gasteiger partial charge on any atom is 0.191 e. The van der Waals surface area contributed by atoms with Crippen LogP contribution in [0.5, 0.6) is 11.5 Å². The second-order valence-corrected chi connectivity index (χ2v) is 6.74. The number of hydrogen-bond acceptors (Lipinski definition) is 5. The van der Waals surface area contributed by atoms with E-state index in [-0.39, 0.29) is 5.82 Å². The van der Waals surface area contributed by atoms with Crippen LogP contribution in [-0.2, 0) is 12.8 Å². The van der Waals surface area contributed by atoms with Gasteiger partial charge in [0.2, 0.25) is 0 Å². The van der Waals surface area contributed by atoms with Crippen LogP contribution in [0.25, 0.3) is 11.4 Å². The Labute approximate surface area is 156 Å². The lowest BCUT2D eigenvalue weighted by atomic mass is 10.1. The van der Waals surface area contributed by atoms with E-state index < -0.39 is 0 Å². The Morgan fingerprint density at radius 2 is 1.69 bits per heavy atom. The third-order valence-corrected chi connectivity index (χ3v) is 5.21. The number of hydrogen-bond donors (Lipinski definition) is 0. The summed E-state index contributed by atoms with van der Waals surface area (Å²) in [5, 5.41) is 9.29. The van der Waals surface area contributed by atoms with E-state index in [9.17, 15) is 4.39 Å². The number of rotatable bonds is 6. The molecule has 0 fully saturated rings. The van der Waals surface area contributed by atoms with Gasteiger partial charge in [-0.3, -0.25) is 0 Å². The summed E-state index contributed by atoms with van der Waals surface area (Å²) < 4.78 is 25.7. The van der Waals surface area contributed by atoms with E-state index in [0.717, 1.165) is 33.3 Å². The molecule has 0 atom stereocenters. The summed E-state index contributed by atoms with van der Waals surface area (Å²) in [6.07, 6.45) is 0. The van der Waals surface area contributed by atoms with Gasteiger partial charge in [-0.1, -0.05) is 11.8 Å². The monoisotopic (exact) mass is 373 g/mol. The zero-order valence-corrected chi connectivity index (χ0v) is 15.9. The number of halogens is 1. The van der Waals surface area contributed by atoms with Gasteiger partial charge in [-0.05, 0) is 54.4 Å². The van der Waals surface area contributed by atoms with Gasteiger partial charge in [-0.25, -0.2) is 4.39 Å². The average Bonchev–Trinajstić information content (AvgIpc) is 3.01. The lowest BCUT2D eigenvalue weighted by Crippen LogP contribution is -1.97. The molecule has 0 aliphatic carbocycles. The molecule has 3 rings (SSSR count). The Hall–Kier alpha value is -2.54. The molecule has 0 spiro atoms.